The zero-order valence-corrected chi connectivity index (χ0v) is 36.3. The predicted octanol–water partition coefficient (Wildman–Crippen LogP) is 2.08. The number of aliphatic carboxylic acids is 3. The smallest absolute Gasteiger partial charge is 0.480 e. The molecule has 18 nitrogen and oxygen atoms in total. The van der Waals surface area contributed by atoms with Crippen LogP contribution < -0.4 is 27.4 Å². The molecule has 0 bridgehead atoms. The summed E-state index contributed by atoms with van der Waals surface area (Å²) in [4.78, 5) is 83.5. The molecule has 358 valence electrons. The van der Waals surface area contributed by atoms with Gasteiger partial charge in [0.05, 0.1) is 18.6 Å². The summed E-state index contributed by atoms with van der Waals surface area (Å²) in [5.41, 5.74) is 12.8. The van der Waals surface area contributed by atoms with E-state index in [2.05, 4.69) is 16.0 Å². The summed E-state index contributed by atoms with van der Waals surface area (Å²) in [7, 11) is 0. The summed E-state index contributed by atoms with van der Waals surface area (Å²) in [6, 6.07) is 11.1. The van der Waals surface area contributed by atoms with Gasteiger partial charge in [0.25, 0.3) is 0 Å². The van der Waals surface area contributed by atoms with Crippen LogP contribution in [0.4, 0.5) is 22.0 Å². The Balaban J connectivity index is 0.00000191. The fourth-order valence-corrected chi connectivity index (χ4v) is 7.01. The zero-order chi connectivity index (χ0) is 49.2. The zero-order valence-electron chi connectivity index (χ0n) is 35.4. The lowest BCUT2D eigenvalue weighted by molar-refractivity contribution is -0.192. The van der Waals surface area contributed by atoms with Gasteiger partial charge in [0.2, 0.25) is 23.6 Å². The van der Waals surface area contributed by atoms with E-state index in [1.54, 1.807) is 12.3 Å². The van der Waals surface area contributed by atoms with Crippen LogP contribution in [0.2, 0.25) is 0 Å². The number of carbonyl (C=O) groups excluding carboxylic acids is 4. The Hall–Kier alpha value is -6.11. The van der Waals surface area contributed by atoms with E-state index in [-0.39, 0.29) is 37.4 Å². The molecule has 24 heteroatoms. The number of nitrogens with zero attached hydrogens (tertiary/aromatic N) is 2. The van der Waals surface area contributed by atoms with Crippen LogP contribution in [0.5, 0.6) is 0 Å². The van der Waals surface area contributed by atoms with Crippen LogP contribution in [0.1, 0.15) is 50.9 Å². The number of benzene rings is 2. The number of rotatable bonds is 22. The highest BCUT2D eigenvalue weighted by molar-refractivity contribution is 8.00. The minimum atomic E-state index is -5.08. The number of carbonyl (C=O) groups is 7. The molecule has 3 aromatic rings. The third kappa shape index (κ3) is 18.5. The number of thioether (sulfide) groups is 1. The number of amides is 4. The second-order valence-electron chi connectivity index (χ2n) is 15.3. The van der Waals surface area contributed by atoms with Crippen molar-refractivity contribution in [3.8, 4) is 11.1 Å². The summed E-state index contributed by atoms with van der Waals surface area (Å²) < 4.78 is 62.9. The standard InChI is InChI=1S/C39H51F2N7O9S.C2HF3O2/c1-39(2,3)35(30-15-24(26-16-25(40)9-10-27(26)41)20-47(30)19-23-7-5-4-6-8-23)48(34(52)21-49)14-11-28(42)36(53)45-13-12-44-33(51)18-46-32(50)17-31(38(56)57)58-22-29(43)37(54)55;3-2(4,5)1(6)7/h4-10,15-16,20,28-29,31,35,49H,11-14,17-19,21-22,42-43H2,1-3H3,(H,44,51)(H,45,53)(H,46,50)(H,54,55)(H,56,57);(H,6,7)/t28-,29-,31+,35-;/m0./s1. The highest BCUT2D eigenvalue weighted by atomic mass is 32.2. The van der Waals surface area contributed by atoms with E-state index in [9.17, 15) is 56.5 Å². The first-order valence-corrected chi connectivity index (χ1v) is 20.6. The van der Waals surface area contributed by atoms with Crippen molar-refractivity contribution in [2.75, 3.05) is 38.5 Å². The van der Waals surface area contributed by atoms with Crippen molar-refractivity contribution in [3.63, 3.8) is 0 Å². The van der Waals surface area contributed by atoms with Gasteiger partial charge in [0.1, 0.15) is 29.5 Å². The maximum atomic E-state index is 15.0. The number of aliphatic hydroxyl groups excluding tert-OH is 1. The fraction of sp³-hybridized carbons (Fsp3) is 0.439. The normalized spacial score (nSPS) is 13.2. The van der Waals surface area contributed by atoms with Crippen LogP contribution in [0.15, 0.2) is 60.8 Å². The van der Waals surface area contributed by atoms with Crippen molar-refractivity contribution in [2.45, 2.75) is 69.7 Å². The molecule has 0 spiro atoms. The van der Waals surface area contributed by atoms with Gasteiger partial charge in [-0.05, 0) is 41.7 Å². The second kappa shape index (κ2) is 25.4. The monoisotopic (exact) mass is 945 g/mol. The minimum absolute atomic E-state index is 0.0288. The van der Waals surface area contributed by atoms with E-state index in [0.29, 0.717) is 29.6 Å². The molecule has 2 aromatic carbocycles. The molecule has 0 radical (unpaired) electrons. The molecule has 0 aliphatic heterocycles. The number of halogens is 5. The molecular weight excluding hydrogens is 894 g/mol. The Bertz CT molecular complexity index is 2120. The average molecular weight is 946 g/mol. The number of carboxylic acids is 3. The van der Waals surface area contributed by atoms with E-state index in [0.717, 1.165) is 23.8 Å². The molecule has 11 N–H and O–H groups in total. The third-order valence-electron chi connectivity index (χ3n) is 9.13. The lowest BCUT2D eigenvalue weighted by Gasteiger charge is -2.41. The Labute approximate surface area is 373 Å². The molecular formula is C41H52F5N7O11S. The highest BCUT2D eigenvalue weighted by Gasteiger charge is 2.39. The maximum Gasteiger partial charge on any atom is 0.490 e. The molecule has 0 aliphatic carbocycles. The Morgan fingerprint density at radius 2 is 1.45 bits per heavy atom. The molecule has 0 saturated heterocycles. The number of aromatic nitrogens is 1. The van der Waals surface area contributed by atoms with Crippen molar-refractivity contribution < 1.29 is 75.9 Å². The van der Waals surface area contributed by atoms with E-state index in [4.69, 9.17) is 26.5 Å². The van der Waals surface area contributed by atoms with Gasteiger partial charge in [-0.25, -0.2) is 13.6 Å². The van der Waals surface area contributed by atoms with Crippen molar-refractivity contribution in [2.24, 2.45) is 16.9 Å². The molecule has 1 aromatic heterocycles. The summed E-state index contributed by atoms with van der Waals surface area (Å²) in [5.74, 6) is -9.55. The van der Waals surface area contributed by atoms with Crippen molar-refractivity contribution >= 4 is 53.3 Å². The van der Waals surface area contributed by atoms with Crippen LogP contribution in [0.25, 0.3) is 11.1 Å². The van der Waals surface area contributed by atoms with Crippen LogP contribution in [0, 0.1) is 17.0 Å². The van der Waals surface area contributed by atoms with Gasteiger partial charge in [0, 0.05) is 61.4 Å². The first kappa shape index (κ1) is 55.0. The van der Waals surface area contributed by atoms with E-state index in [1.165, 1.54) is 4.90 Å². The van der Waals surface area contributed by atoms with Crippen LogP contribution >= 0.6 is 11.8 Å². The third-order valence-corrected chi connectivity index (χ3v) is 10.4. The Kier molecular flexibility index (Phi) is 21.5. The second-order valence-corrected chi connectivity index (χ2v) is 16.6. The highest BCUT2D eigenvalue weighted by Crippen LogP contribution is 2.41. The van der Waals surface area contributed by atoms with E-state index in [1.807, 2.05) is 55.7 Å². The summed E-state index contributed by atoms with van der Waals surface area (Å²) in [5, 5.41) is 41.5. The number of hydrogen-bond acceptors (Lipinski definition) is 11. The fourth-order valence-electron chi connectivity index (χ4n) is 6.02. The lowest BCUT2D eigenvalue weighted by Crippen LogP contribution is -2.48. The van der Waals surface area contributed by atoms with Gasteiger partial charge in [-0.1, -0.05) is 51.1 Å². The number of hydrogen-bond donors (Lipinski definition) is 9. The van der Waals surface area contributed by atoms with Crippen molar-refractivity contribution in [1.29, 1.82) is 0 Å². The Morgan fingerprint density at radius 1 is 0.831 bits per heavy atom. The molecule has 4 amide bonds. The first-order chi connectivity index (χ1) is 30.3. The molecule has 4 atom stereocenters. The molecule has 0 saturated carbocycles. The van der Waals surface area contributed by atoms with Gasteiger partial charge in [-0.15, -0.1) is 11.8 Å². The molecule has 3 rings (SSSR count). The number of aliphatic hydroxyl groups is 1. The first-order valence-electron chi connectivity index (χ1n) is 19.6. The molecule has 0 fully saturated rings. The largest absolute Gasteiger partial charge is 0.490 e. The minimum Gasteiger partial charge on any atom is -0.480 e. The van der Waals surface area contributed by atoms with Crippen molar-refractivity contribution in [1.82, 2.24) is 25.4 Å². The molecule has 1 heterocycles. The number of alkyl halides is 3. The quantitative estimate of drug-likeness (QED) is 0.0515. The van der Waals surface area contributed by atoms with Gasteiger partial charge < -0.3 is 57.3 Å². The van der Waals surface area contributed by atoms with Gasteiger partial charge in [0.15, 0.2) is 0 Å². The Morgan fingerprint density at radius 3 is 2.00 bits per heavy atom. The van der Waals surface area contributed by atoms with Crippen LogP contribution in [-0.4, -0.2) is 133 Å². The SMILES string of the molecule is CC(C)(C)[C@H](c1cc(-c2cc(F)ccc2F)cn1Cc1ccccc1)N(CC[C@H](N)C(=O)NCCNC(=O)CNC(=O)C[C@@H](SC[C@H](N)C(=O)O)C(=O)O)C(=O)CO.O=C(O)C(F)(F)F. The van der Waals surface area contributed by atoms with Crippen LogP contribution in [-0.2, 0) is 40.1 Å². The average Bonchev–Trinajstić information content (AvgIpc) is 3.63. The maximum absolute atomic E-state index is 15.0. The molecule has 65 heavy (non-hydrogen) atoms. The van der Waals surface area contributed by atoms with Gasteiger partial charge >= 0.3 is 24.1 Å². The van der Waals surface area contributed by atoms with E-state index < -0.39 is 108 Å². The molecule has 0 aliphatic rings. The number of nitrogens with one attached hydrogen (secondary N) is 3. The molecule has 0 unspecified atom stereocenters. The number of nitrogens with two attached hydrogens (primary N) is 2. The summed E-state index contributed by atoms with van der Waals surface area (Å²) in [6.45, 7) is 4.47. The van der Waals surface area contributed by atoms with E-state index >= 15 is 4.39 Å². The topological polar surface area (TPSA) is 297 Å². The van der Waals surface area contributed by atoms with Gasteiger partial charge in [-0.3, -0.25) is 28.8 Å². The summed E-state index contributed by atoms with van der Waals surface area (Å²) >= 11 is 0.690. The number of carboxylic acid groups (broad SMARTS) is 3. The van der Waals surface area contributed by atoms with Gasteiger partial charge in [-0.2, -0.15) is 13.2 Å². The lowest BCUT2D eigenvalue weighted by atomic mass is 9.82. The van der Waals surface area contributed by atoms with Crippen molar-refractivity contribution in [3.05, 3.63) is 83.7 Å². The van der Waals surface area contributed by atoms with Crippen LogP contribution in [0.3, 0.4) is 0 Å². The predicted molar refractivity (Wildman–Crippen MR) is 226 cm³/mol. The summed E-state index contributed by atoms with van der Waals surface area (Å²) in [6.07, 6.45) is -3.96.